The van der Waals surface area contributed by atoms with Gasteiger partial charge in [0.2, 0.25) is 0 Å². The molecule has 0 aliphatic heterocycles. The van der Waals surface area contributed by atoms with E-state index in [1.54, 1.807) is 0 Å². The number of hydrogen-bond acceptors (Lipinski definition) is 2. The maximum Gasteiger partial charge on any atom is 0.167 e. The van der Waals surface area contributed by atoms with Gasteiger partial charge in [0.25, 0.3) is 0 Å². The highest BCUT2D eigenvalue weighted by atomic mass is 16.5. The summed E-state index contributed by atoms with van der Waals surface area (Å²) >= 11 is 0. The number of hydrogen-bond donors (Lipinski definition) is 0. The standard InChI is InChI=1S/C23H21NO2/c1-3-16-9-11-18-13-20(21(15-25)24(18)14-16)23-19-8-6-5-7-17(19)10-12-22(23)26-4-2/h5-15H,3-4H2,1-2H3. The first-order valence-electron chi connectivity index (χ1n) is 9.01. The third kappa shape index (κ3) is 2.57. The van der Waals surface area contributed by atoms with E-state index < -0.39 is 0 Å². The van der Waals surface area contributed by atoms with E-state index in [0.29, 0.717) is 12.3 Å². The number of carbonyl (C=O) groups is 1. The lowest BCUT2D eigenvalue weighted by Crippen LogP contribution is -1.98. The predicted octanol–water partition coefficient (Wildman–Crippen LogP) is 5.53. The molecule has 130 valence electrons. The van der Waals surface area contributed by atoms with Crippen molar-refractivity contribution in [3.05, 3.63) is 72.1 Å². The Bertz CT molecular complexity index is 1110. The summed E-state index contributed by atoms with van der Waals surface area (Å²) in [6.45, 7) is 4.67. The molecule has 26 heavy (non-hydrogen) atoms. The van der Waals surface area contributed by atoms with Crippen LogP contribution in [0.3, 0.4) is 0 Å². The summed E-state index contributed by atoms with van der Waals surface area (Å²) in [4.78, 5) is 12.0. The van der Waals surface area contributed by atoms with Crippen molar-refractivity contribution in [2.75, 3.05) is 6.61 Å². The zero-order valence-electron chi connectivity index (χ0n) is 15.0. The summed E-state index contributed by atoms with van der Waals surface area (Å²) in [5, 5.41) is 2.22. The normalized spacial score (nSPS) is 11.2. The second-order valence-electron chi connectivity index (χ2n) is 6.34. The molecule has 3 heteroatoms. The smallest absolute Gasteiger partial charge is 0.167 e. The quantitative estimate of drug-likeness (QED) is 0.446. The van der Waals surface area contributed by atoms with Crippen molar-refractivity contribution in [3.8, 4) is 16.9 Å². The molecule has 2 aromatic carbocycles. The van der Waals surface area contributed by atoms with Crippen molar-refractivity contribution in [2.45, 2.75) is 20.3 Å². The van der Waals surface area contributed by atoms with Gasteiger partial charge in [0.1, 0.15) is 5.75 Å². The van der Waals surface area contributed by atoms with E-state index in [9.17, 15) is 4.79 Å². The summed E-state index contributed by atoms with van der Waals surface area (Å²) in [6.07, 6.45) is 3.92. The molecule has 0 unspecified atom stereocenters. The Kier molecular flexibility index (Phi) is 4.21. The number of carbonyl (C=O) groups excluding carboxylic acids is 1. The molecule has 4 aromatic rings. The van der Waals surface area contributed by atoms with E-state index in [1.807, 2.05) is 35.7 Å². The molecule has 0 radical (unpaired) electrons. The van der Waals surface area contributed by atoms with E-state index >= 15 is 0 Å². The Hall–Kier alpha value is -3.07. The zero-order valence-corrected chi connectivity index (χ0v) is 15.0. The maximum atomic E-state index is 12.0. The third-order valence-electron chi connectivity index (χ3n) is 4.85. The van der Waals surface area contributed by atoms with Crippen LogP contribution in [0.2, 0.25) is 0 Å². The van der Waals surface area contributed by atoms with Gasteiger partial charge in [-0.25, -0.2) is 0 Å². The van der Waals surface area contributed by atoms with Crippen LogP contribution in [-0.2, 0) is 6.42 Å². The van der Waals surface area contributed by atoms with Gasteiger partial charge in [-0.3, -0.25) is 4.79 Å². The molecule has 0 amide bonds. The van der Waals surface area contributed by atoms with Crippen molar-refractivity contribution >= 4 is 22.6 Å². The van der Waals surface area contributed by atoms with Gasteiger partial charge in [0.15, 0.2) is 6.29 Å². The van der Waals surface area contributed by atoms with E-state index in [1.165, 1.54) is 5.56 Å². The van der Waals surface area contributed by atoms with Crippen LogP contribution in [0.1, 0.15) is 29.9 Å². The van der Waals surface area contributed by atoms with Crippen molar-refractivity contribution in [3.63, 3.8) is 0 Å². The number of aryl methyl sites for hydroxylation is 1. The lowest BCUT2D eigenvalue weighted by molar-refractivity contribution is 0.111. The molecule has 3 nitrogen and oxygen atoms in total. The number of rotatable bonds is 5. The van der Waals surface area contributed by atoms with Gasteiger partial charge in [-0.1, -0.05) is 43.3 Å². The number of ether oxygens (including phenoxy) is 1. The largest absolute Gasteiger partial charge is 0.493 e. The molecule has 4 rings (SSSR count). The van der Waals surface area contributed by atoms with Crippen LogP contribution in [0.4, 0.5) is 0 Å². The minimum Gasteiger partial charge on any atom is -0.493 e. The Balaban J connectivity index is 2.09. The number of nitrogens with zero attached hydrogens (tertiary/aromatic N) is 1. The van der Waals surface area contributed by atoms with Crippen LogP contribution < -0.4 is 4.74 Å². The first-order valence-corrected chi connectivity index (χ1v) is 9.01. The molecule has 0 saturated carbocycles. The highest BCUT2D eigenvalue weighted by Crippen LogP contribution is 2.40. The number of aldehydes is 1. The first-order chi connectivity index (χ1) is 12.8. The highest BCUT2D eigenvalue weighted by Gasteiger charge is 2.18. The second-order valence-corrected chi connectivity index (χ2v) is 6.34. The van der Waals surface area contributed by atoms with Gasteiger partial charge >= 0.3 is 0 Å². The lowest BCUT2D eigenvalue weighted by atomic mass is 9.97. The van der Waals surface area contributed by atoms with Gasteiger partial charge in [-0.05, 0) is 47.9 Å². The summed E-state index contributed by atoms with van der Waals surface area (Å²) in [6, 6.07) is 18.5. The minimum atomic E-state index is 0.578. The average Bonchev–Trinajstić information content (AvgIpc) is 3.05. The Morgan fingerprint density at radius 3 is 2.65 bits per heavy atom. The molecular weight excluding hydrogens is 322 g/mol. The van der Waals surface area contributed by atoms with E-state index in [0.717, 1.165) is 45.9 Å². The molecule has 0 spiro atoms. The fraction of sp³-hybridized carbons (Fsp3) is 0.174. The Labute approximate surface area is 152 Å². The highest BCUT2D eigenvalue weighted by molar-refractivity contribution is 6.04. The van der Waals surface area contributed by atoms with Gasteiger partial charge in [0.05, 0.1) is 12.3 Å². The molecular formula is C23H21NO2. The first kappa shape index (κ1) is 16.4. The predicted molar refractivity (Wildman–Crippen MR) is 106 cm³/mol. The molecule has 0 atom stereocenters. The van der Waals surface area contributed by atoms with Gasteiger partial charge in [-0.2, -0.15) is 0 Å². The van der Waals surface area contributed by atoms with Crippen LogP contribution in [-0.4, -0.2) is 17.3 Å². The summed E-state index contributed by atoms with van der Waals surface area (Å²) in [5.74, 6) is 0.806. The van der Waals surface area contributed by atoms with Crippen molar-refractivity contribution in [1.29, 1.82) is 0 Å². The summed E-state index contributed by atoms with van der Waals surface area (Å²) in [5.41, 5.74) is 4.76. The van der Waals surface area contributed by atoms with Crippen LogP contribution in [0, 0.1) is 0 Å². The molecule has 2 aromatic heterocycles. The van der Waals surface area contributed by atoms with E-state index in [4.69, 9.17) is 4.74 Å². The number of benzene rings is 2. The van der Waals surface area contributed by atoms with Gasteiger partial charge in [-0.15, -0.1) is 0 Å². The van der Waals surface area contributed by atoms with Crippen molar-refractivity contribution in [2.24, 2.45) is 0 Å². The number of pyridine rings is 1. The minimum absolute atomic E-state index is 0.578. The van der Waals surface area contributed by atoms with E-state index in [-0.39, 0.29) is 0 Å². The second kappa shape index (κ2) is 6.68. The average molecular weight is 343 g/mol. The topological polar surface area (TPSA) is 30.7 Å². The maximum absolute atomic E-state index is 12.0. The summed E-state index contributed by atoms with van der Waals surface area (Å²) in [7, 11) is 0. The van der Waals surface area contributed by atoms with Crippen LogP contribution in [0.15, 0.2) is 60.8 Å². The van der Waals surface area contributed by atoms with Crippen molar-refractivity contribution in [1.82, 2.24) is 4.40 Å². The molecule has 0 fully saturated rings. The number of aromatic nitrogens is 1. The Morgan fingerprint density at radius 1 is 1.04 bits per heavy atom. The van der Waals surface area contributed by atoms with Gasteiger partial charge < -0.3 is 9.14 Å². The Morgan fingerprint density at radius 2 is 1.88 bits per heavy atom. The monoisotopic (exact) mass is 343 g/mol. The fourth-order valence-corrected chi connectivity index (χ4v) is 3.57. The summed E-state index contributed by atoms with van der Waals surface area (Å²) < 4.78 is 7.90. The SMILES string of the molecule is CCOc1ccc2ccccc2c1-c1cc2ccc(CC)cn2c1C=O. The van der Waals surface area contributed by atoms with Crippen LogP contribution >= 0.6 is 0 Å². The van der Waals surface area contributed by atoms with Crippen LogP contribution in [0.25, 0.3) is 27.4 Å². The molecule has 0 aliphatic carbocycles. The molecule has 0 saturated heterocycles. The molecule has 2 heterocycles. The fourth-order valence-electron chi connectivity index (χ4n) is 3.57. The third-order valence-corrected chi connectivity index (χ3v) is 4.85. The molecule has 0 bridgehead atoms. The van der Waals surface area contributed by atoms with E-state index in [2.05, 4.69) is 43.3 Å². The molecule has 0 aliphatic rings. The zero-order chi connectivity index (χ0) is 18.1. The van der Waals surface area contributed by atoms with Gasteiger partial charge in [0, 0.05) is 22.8 Å². The lowest BCUT2D eigenvalue weighted by Gasteiger charge is -2.13. The van der Waals surface area contributed by atoms with Crippen LogP contribution in [0.5, 0.6) is 5.75 Å². The van der Waals surface area contributed by atoms with Crippen molar-refractivity contribution < 1.29 is 9.53 Å². The number of fused-ring (bicyclic) bond motifs is 2. The molecule has 0 N–H and O–H groups in total.